The molecular formula is C28H27N7O6. The van der Waals surface area contributed by atoms with Crippen LogP contribution in [0, 0.1) is 0 Å². The van der Waals surface area contributed by atoms with Gasteiger partial charge in [-0.2, -0.15) is 0 Å². The van der Waals surface area contributed by atoms with Crippen molar-refractivity contribution in [3.63, 3.8) is 0 Å². The third kappa shape index (κ3) is 6.58. The molecular weight excluding hydrogens is 530 g/mol. The molecule has 13 heteroatoms. The number of hydrogen-bond acceptors (Lipinski definition) is 10. The van der Waals surface area contributed by atoms with Gasteiger partial charge in [0, 0.05) is 29.6 Å². The van der Waals surface area contributed by atoms with Gasteiger partial charge in [0.15, 0.2) is 5.82 Å². The molecule has 0 aliphatic carbocycles. The maximum atomic E-state index is 13.3. The van der Waals surface area contributed by atoms with Crippen LogP contribution in [0.25, 0.3) is 22.4 Å². The number of benzene rings is 2. The highest BCUT2D eigenvalue weighted by Crippen LogP contribution is 2.23. The van der Waals surface area contributed by atoms with Crippen molar-refractivity contribution in [2.75, 3.05) is 16.8 Å². The molecule has 3 aromatic heterocycles. The molecule has 1 atom stereocenters. The first-order valence-electron chi connectivity index (χ1n) is 12.9. The van der Waals surface area contributed by atoms with Crippen LogP contribution in [0.3, 0.4) is 0 Å². The standard InChI is InChI=1S/C28H27N7O6/c1-3-39-25(36)14-17(2)35(24-6-4-5-13-29-24)28(38)40-20-11-12-21-22(15-20)32-23(31-21)16-30-19-9-7-18(8-10-19)26-33-27(37)41-34-26/h4-13,15,17,30H,3,14,16H2,1-2H3,(H,31,32)(H,33,34,37). The molecule has 0 aliphatic rings. The van der Waals surface area contributed by atoms with Crippen molar-refractivity contribution in [2.24, 2.45) is 0 Å². The first kappa shape index (κ1) is 27.1. The van der Waals surface area contributed by atoms with E-state index in [9.17, 15) is 14.4 Å². The smallest absolute Gasteiger partial charge is 0.439 e. The number of anilines is 2. The van der Waals surface area contributed by atoms with E-state index < -0.39 is 23.9 Å². The van der Waals surface area contributed by atoms with E-state index in [0.717, 1.165) is 5.69 Å². The summed E-state index contributed by atoms with van der Waals surface area (Å²) in [5.41, 5.74) is 2.93. The summed E-state index contributed by atoms with van der Waals surface area (Å²) in [6.07, 6.45) is 0.864. The van der Waals surface area contributed by atoms with Crippen LogP contribution in [0.2, 0.25) is 0 Å². The lowest BCUT2D eigenvalue weighted by Crippen LogP contribution is -2.42. The number of amides is 1. The van der Waals surface area contributed by atoms with Gasteiger partial charge in [0.1, 0.15) is 17.4 Å². The molecule has 13 nitrogen and oxygen atoms in total. The predicted octanol–water partition coefficient (Wildman–Crippen LogP) is 4.26. The van der Waals surface area contributed by atoms with E-state index in [0.29, 0.717) is 46.4 Å². The highest BCUT2D eigenvalue weighted by molar-refractivity contribution is 5.90. The van der Waals surface area contributed by atoms with Crippen LogP contribution in [-0.2, 0) is 16.1 Å². The molecule has 0 radical (unpaired) electrons. The van der Waals surface area contributed by atoms with Gasteiger partial charge < -0.3 is 19.8 Å². The molecule has 1 unspecified atom stereocenters. The number of fused-ring (bicyclic) bond motifs is 1. The van der Waals surface area contributed by atoms with Gasteiger partial charge in [0.2, 0.25) is 0 Å². The fourth-order valence-electron chi connectivity index (χ4n) is 4.17. The number of pyridine rings is 1. The SMILES string of the molecule is CCOC(=O)CC(C)N(C(=O)Oc1ccc2nc(CNc3ccc(-c4noc(=O)[nH]4)cc3)[nH]c2c1)c1ccccn1. The van der Waals surface area contributed by atoms with Gasteiger partial charge in [-0.1, -0.05) is 11.2 Å². The van der Waals surface area contributed by atoms with Crippen LogP contribution < -0.4 is 20.7 Å². The summed E-state index contributed by atoms with van der Waals surface area (Å²) >= 11 is 0. The van der Waals surface area contributed by atoms with Crippen LogP contribution in [0.5, 0.6) is 5.75 Å². The minimum absolute atomic E-state index is 0.0160. The third-order valence-electron chi connectivity index (χ3n) is 6.07. The highest BCUT2D eigenvalue weighted by atomic mass is 16.6. The summed E-state index contributed by atoms with van der Waals surface area (Å²) in [4.78, 5) is 52.4. The van der Waals surface area contributed by atoms with Gasteiger partial charge in [0.05, 0.1) is 30.6 Å². The van der Waals surface area contributed by atoms with E-state index in [-0.39, 0.29) is 13.0 Å². The minimum Gasteiger partial charge on any atom is -0.466 e. The van der Waals surface area contributed by atoms with E-state index >= 15 is 0 Å². The van der Waals surface area contributed by atoms with Crippen LogP contribution in [-0.4, -0.2) is 49.8 Å². The van der Waals surface area contributed by atoms with Gasteiger partial charge in [-0.15, -0.1) is 0 Å². The zero-order valence-electron chi connectivity index (χ0n) is 22.3. The second-order valence-electron chi connectivity index (χ2n) is 9.02. The summed E-state index contributed by atoms with van der Waals surface area (Å²) < 4.78 is 15.3. The molecule has 0 fully saturated rings. The molecule has 41 heavy (non-hydrogen) atoms. The molecule has 1 amide bonds. The topological polar surface area (TPSA) is 168 Å². The largest absolute Gasteiger partial charge is 0.466 e. The Balaban J connectivity index is 1.26. The molecule has 3 N–H and O–H groups in total. The van der Waals surface area contributed by atoms with Crippen molar-refractivity contribution in [3.05, 3.63) is 83.2 Å². The Morgan fingerprint density at radius 2 is 1.93 bits per heavy atom. The lowest BCUT2D eigenvalue weighted by atomic mass is 10.2. The number of rotatable bonds is 10. The zero-order valence-corrected chi connectivity index (χ0v) is 22.3. The average molecular weight is 558 g/mol. The van der Waals surface area contributed by atoms with E-state index in [1.165, 1.54) is 4.90 Å². The van der Waals surface area contributed by atoms with E-state index in [1.54, 1.807) is 68.6 Å². The number of ether oxygens (including phenoxy) is 2. The normalized spacial score (nSPS) is 11.7. The summed E-state index contributed by atoms with van der Waals surface area (Å²) in [5.74, 6) is 0.651. The second kappa shape index (κ2) is 12.2. The van der Waals surface area contributed by atoms with Crippen LogP contribution in [0.15, 0.2) is 76.2 Å². The first-order chi connectivity index (χ1) is 19.9. The number of nitrogens with one attached hydrogen (secondary N) is 3. The summed E-state index contributed by atoms with van der Waals surface area (Å²) in [6.45, 7) is 4.11. The number of nitrogens with zero attached hydrogens (tertiary/aromatic N) is 4. The Labute approximate surface area is 233 Å². The van der Waals surface area contributed by atoms with Gasteiger partial charge in [-0.05, 0) is 62.4 Å². The highest BCUT2D eigenvalue weighted by Gasteiger charge is 2.27. The molecule has 5 rings (SSSR count). The molecule has 0 saturated carbocycles. The maximum Gasteiger partial charge on any atom is 0.439 e. The predicted molar refractivity (Wildman–Crippen MR) is 149 cm³/mol. The number of carbonyl (C=O) groups excluding carboxylic acids is 2. The first-order valence-corrected chi connectivity index (χ1v) is 12.9. The van der Waals surface area contributed by atoms with Crippen molar-refractivity contribution in [1.82, 2.24) is 25.1 Å². The molecule has 210 valence electrons. The Kier molecular flexibility index (Phi) is 8.04. The van der Waals surface area contributed by atoms with E-state index in [4.69, 9.17) is 9.47 Å². The Morgan fingerprint density at radius 3 is 2.63 bits per heavy atom. The van der Waals surface area contributed by atoms with E-state index in [2.05, 4.69) is 34.9 Å². The summed E-state index contributed by atoms with van der Waals surface area (Å²) in [5, 5.41) is 6.95. The molecule has 0 bridgehead atoms. The fraction of sp³-hybridized carbons (Fsp3) is 0.214. The van der Waals surface area contributed by atoms with Crippen LogP contribution in [0.4, 0.5) is 16.3 Å². The number of aromatic nitrogens is 5. The van der Waals surface area contributed by atoms with Crippen molar-refractivity contribution in [1.29, 1.82) is 0 Å². The minimum atomic E-state index is -0.681. The molecule has 3 heterocycles. The molecule has 0 aliphatic heterocycles. The van der Waals surface area contributed by atoms with Crippen LogP contribution in [0.1, 0.15) is 26.1 Å². The Bertz CT molecular complexity index is 1690. The molecule has 2 aromatic carbocycles. The lowest BCUT2D eigenvalue weighted by molar-refractivity contribution is -0.143. The van der Waals surface area contributed by atoms with E-state index in [1.807, 2.05) is 12.1 Å². The van der Waals surface area contributed by atoms with Gasteiger partial charge >= 0.3 is 17.8 Å². The van der Waals surface area contributed by atoms with Crippen molar-refractivity contribution in [2.45, 2.75) is 32.9 Å². The fourth-order valence-corrected chi connectivity index (χ4v) is 4.17. The Morgan fingerprint density at radius 1 is 1.10 bits per heavy atom. The number of carbonyl (C=O) groups is 2. The lowest BCUT2D eigenvalue weighted by Gasteiger charge is -2.26. The van der Waals surface area contributed by atoms with Crippen molar-refractivity contribution >= 4 is 34.6 Å². The summed E-state index contributed by atoms with van der Waals surface area (Å²) in [6, 6.07) is 17.0. The van der Waals surface area contributed by atoms with Crippen LogP contribution >= 0.6 is 0 Å². The third-order valence-corrected chi connectivity index (χ3v) is 6.07. The quantitative estimate of drug-likeness (QED) is 0.211. The number of imidazole rings is 1. The Hall–Kier alpha value is -5.46. The van der Waals surface area contributed by atoms with Crippen molar-refractivity contribution < 1.29 is 23.6 Å². The maximum absolute atomic E-state index is 13.3. The molecule has 0 spiro atoms. The number of hydrogen-bond donors (Lipinski definition) is 3. The van der Waals surface area contributed by atoms with Gasteiger partial charge in [0.25, 0.3) is 0 Å². The average Bonchev–Trinajstić information content (AvgIpc) is 3.58. The number of H-pyrrole nitrogens is 2. The summed E-state index contributed by atoms with van der Waals surface area (Å²) in [7, 11) is 0. The van der Waals surface area contributed by atoms with Gasteiger partial charge in [-0.3, -0.25) is 19.2 Å². The monoisotopic (exact) mass is 557 g/mol. The molecule has 0 saturated heterocycles. The van der Waals surface area contributed by atoms with Gasteiger partial charge in [-0.25, -0.2) is 19.6 Å². The number of esters is 1. The zero-order chi connectivity index (χ0) is 28.8. The molecule has 5 aromatic rings. The number of aromatic amines is 2. The second-order valence-corrected chi connectivity index (χ2v) is 9.02. The van der Waals surface area contributed by atoms with Crippen molar-refractivity contribution in [3.8, 4) is 17.1 Å².